The molecule has 0 saturated carbocycles. The summed E-state index contributed by atoms with van der Waals surface area (Å²) in [4.78, 5) is 9.16. The highest BCUT2D eigenvalue weighted by Gasteiger charge is 2.16. The number of aromatic nitrogens is 3. The van der Waals surface area contributed by atoms with Gasteiger partial charge in [0.25, 0.3) is 0 Å². The predicted molar refractivity (Wildman–Crippen MR) is 129 cm³/mol. The Labute approximate surface area is 192 Å². The van der Waals surface area contributed by atoms with Crippen molar-refractivity contribution in [2.45, 2.75) is 0 Å². The molecule has 2 aromatic heterocycles. The van der Waals surface area contributed by atoms with E-state index >= 15 is 0 Å². The molecule has 0 spiro atoms. The van der Waals surface area contributed by atoms with Crippen LogP contribution in [0.1, 0.15) is 0 Å². The number of nitrogens with zero attached hydrogens (tertiary/aromatic N) is 5. The molecule has 0 unspecified atom stereocenters. The normalized spacial score (nSPS) is 14.7. The number of anilines is 3. The summed E-state index contributed by atoms with van der Waals surface area (Å²) < 4.78 is 7.39. The number of fused-ring (bicyclic) bond motifs is 1. The number of likely N-dealkylation sites (N-methyl/N-ethyl adjacent to an activating group) is 1. The average Bonchev–Trinajstić information content (AvgIpc) is 3.24. The monoisotopic (exact) mass is 448 g/mol. The lowest BCUT2D eigenvalue weighted by atomic mass is 10.1. The molecule has 0 radical (unpaired) electrons. The van der Waals surface area contributed by atoms with Gasteiger partial charge in [0.15, 0.2) is 0 Å². The highest BCUT2D eigenvalue weighted by Crippen LogP contribution is 2.32. The molecular weight excluding hydrogens is 424 g/mol. The minimum Gasteiger partial charge on any atom is -0.496 e. The molecule has 2 aromatic carbocycles. The molecule has 0 amide bonds. The Morgan fingerprint density at radius 1 is 1.00 bits per heavy atom. The van der Waals surface area contributed by atoms with Crippen LogP contribution in [0.25, 0.3) is 16.8 Å². The molecule has 3 heterocycles. The van der Waals surface area contributed by atoms with Crippen LogP contribution in [0, 0.1) is 0 Å². The molecule has 1 saturated heterocycles. The maximum atomic E-state index is 6.61. The molecule has 0 bridgehead atoms. The first-order valence-corrected chi connectivity index (χ1v) is 11.0. The third kappa shape index (κ3) is 3.97. The first kappa shape index (κ1) is 20.6. The van der Waals surface area contributed by atoms with Crippen LogP contribution in [-0.4, -0.2) is 59.8 Å². The Bertz CT molecular complexity index is 1250. The van der Waals surface area contributed by atoms with Gasteiger partial charge >= 0.3 is 0 Å². The SMILES string of the molecule is COc1ccccc1-c1ccc2cnc(Nc3ccc(N4CCN(C)CC4)cc3Cl)nn12. The Kier molecular flexibility index (Phi) is 5.59. The van der Waals surface area contributed by atoms with E-state index in [0.29, 0.717) is 11.0 Å². The fourth-order valence-electron chi connectivity index (χ4n) is 4.01. The zero-order valence-corrected chi connectivity index (χ0v) is 18.9. The Morgan fingerprint density at radius 3 is 2.59 bits per heavy atom. The molecule has 1 aliphatic heterocycles. The van der Waals surface area contributed by atoms with Gasteiger partial charge in [0.05, 0.1) is 35.2 Å². The van der Waals surface area contributed by atoms with Crippen LogP contribution in [0.5, 0.6) is 5.75 Å². The van der Waals surface area contributed by atoms with E-state index in [-0.39, 0.29) is 0 Å². The quantitative estimate of drug-likeness (QED) is 0.483. The summed E-state index contributed by atoms with van der Waals surface area (Å²) in [6, 6.07) is 18.0. The minimum absolute atomic E-state index is 0.471. The van der Waals surface area contributed by atoms with Gasteiger partial charge in [-0.15, -0.1) is 5.10 Å². The van der Waals surface area contributed by atoms with Gasteiger partial charge in [-0.2, -0.15) is 0 Å². The van der Waals surface area contributed by atoms with Crippen LogP contribution in [0.2, 0.25) is 5.02 Å². The van der Waals surface area contributed by atoms with Crippen molar-refractivity contribution in [3.05, 3.63) is 65.8 Å². The van der Waals surface area contributed by atoms with Crippen LogP contribution in [0.3, 0.4) is 0 Å². The fraction of sp³-hybridized carbons (Fsp3) is 0.250. The number of halogens is 1. The average molecular weight is 449 g/mol. The predicted octanol–water partition coefficient (Wildman–Crippen LogP) is 4.55. The third-order valence-corrected chi connectivity index (χ3v) is 6.16. The number of hydrogen-bond acceptors (Lipinski definition) is 6. The highest BCUT2D eigenvalue weighted by atomic mass is 35.5. The number of para-hydroxylation sites is 1. The Hall–Kier alpha value is -3.29. The molecule has 0 aliphatic carbocycles. The molecule has 32 heavy (non-hydrogen) atoms. The molecule has 0 atom stereocenters. The zero-order valence-electron chi connectivity index (χ0n) is 18.1. The van der Waals surface area contributed by atoms with Crippen molar-refractivity contribution in [2.75, 3.05) is 50.6 Å². The topological polar surface area (TPSA) is 57.9 Å². The van der Waals surface area contributed by atoms with E-state index in [0.717, 1.165) is 60.1 Å². The van der Waals surface area contributed by atoms with Crippen LogP contribution >= 0.6 is 11.6 Å². The lowest BCUT2D eigenvalue weighted by Gasteiger charge is -2.34. The zero-order chi connectivity index (χ0) is 22.1. The smallest absolute Gasteiger partial charge is 0.245 e. The number of benzene rings is 2. The number of nitrogens with one attached hydrogen (secondary N) is 1. The van der Waals surface area contributed by atoms with Gasteiger partial charge in [-0.25, -0.2) is 9.50 Å². The second-order valence-corrected chi connectivity index (χ2v) is 8.32. The van der Waals surface area contributed by atoms with Gasteiger partial charge < -0.3 is 19.9 Å². The number of ether oxygens (including phenoxy) is 1. The largest absolute Gasteiger partial charge is 0.496 e. The van der Waals surface area contributed by atoms with Gasteiger partial charge in [0, 0.05) is 37.4 Å². The summed E-state index contributed by atoms with van der Waals surface area (Å²) in [7, 11) is 3.82. The third-order valence-electron chi connectivity index (χ3n) is 5.85. The number of methoxy groups -OCH3 is 1. The summed E-state index contributed by atoms with van der Waals surface area (Å²) in [5, 5.41) is 8.62. The van der Waals surface area contributed by atoms with Gasteiger partial charge in [0.2, 0.25) is 5.95 Å². The van der Waals surface area contributed by atoms with E-state index in [1.165, 1.54) is 0 Å². The summed E-state index contributed by atoms with van der Waals surface area (Å²) >= 11 is 6.61. The van der Waals surface area contributed by atoms with Crippen molar-refractivity contribution in [3.8, 4) is 17.0 Å². The second kappa shape index (κ2) is 8.68. The van der Waals surface area contributed by atoms with E-state index in [2.05, 4.69) is 33.2 Å². The van der Waals surface area contributed by atoms with Crippen LogP contribution < -0.4 is 15.0 Å². The molecule has 5 rings (SSSR count). The lowest BCUT2D eigenvalue weighted by Crippen LogP contribution is -2.44. The maximum absolute atomic E-state index is 6.61. The fourth-order valence-corrected chi connectivity index (χ4v) is 4.23. The Balaban J connectivity index is 1.42. The van der Waals surface area contributed by atoms with Crippen molar-refractivity contribution >= 4 is 34.4 Å². The van der Waals surface area contributed by atoms with Crippen LogP contribution in [0.4, 0.5) is 17.3 Å². The van der Waals surface area contributed by atoms with Gasteiger partial charge in [-0.05, 0) is 49.5 Å². The van der Waals surface area contributed by atoms with E-state index < -0.39 is 0 Å². The summed E-state index contributed by atoms with van der Waals surface area (Å²) in [6.45, 7) is 4.10. The van der Waals surface area contributed by atoms with Gasteiger partial charge in [-0.1, -0.05) is 23.7 Å². The van der Waals surface area contributed by atoms with Crippen LogP contribution in [0.15, 0.2) is 60.8 Å². The van der Waals surface area contributed by atoms with Crippen LogP contribution in [-0.2, 0) is 0 Å². The highest BCUT2D eigenvalue weighted by molar-refractivity contribution is 6.33. The molecule has 4 aromatic rings. The standard InChI is InChI=1S/C24H25ClN6O/c1-29-11-13-30(14-12-29)17-7-9-21(20(25)15-17)27-24-26-16-18-8-10-22(31(18)28-24)19-5-3-4-6-23(19)32-2/h3-10,15-16H,11-14H2,1-2H3,(H,27,28). The summed E-state index contributed by atoms with van der Waals surface area (Å²) in [5.41, 5.74) is 4.70. The van der Waals surface area contributed by atoms with Crippen molar-refractivity contribution in [3.63, 3.8) is 0 Å². The molecular formula is C24H25ClN6O. The Morgan fingerprint density at radius 2 is 1.81 bits per heavy atom. The maximum Gasteiger partial charge on any atom is 0.245 e. The van der Waals surface area contributed by atoms with Crippen molar-refractivity contribution in [1.29, 1.82) is 0 Å². The van der Waals surface area contributed by atoms with E-state index in [4.69, 9.17) is 21.4 Å². The van der Waals surface area contributed by atoms with E-state index in [9.17, 15) is 0 Å². The first-order chi connectivity index (χ1) is 15.6. The van der Waals surface area contributed by atoms with Gasteiger partial charge in [-0.3, -0.25) is 0 Å². The second-order valence-electron chi connectivity index (χ2n) is 7.92. The van der Waals surface area contributed by atoms with Crippen molar-refractivity contribution in [1.82, 2.24) is 19.5 Å². The van der Waals surface area contributed by atoms with Gasteiger partial charge in [0.1, 0.15) is 5.75 Å². The van der Waals surface area contributed by atoms with Crippen molar-refractivity contribution in [2.24, 2.45) is 0 Å². The first-order valence-electron chi connectivity index (χ1n) is 10.6. The lowest BCUT2D eigenvalue weighted by molar-refractivity contribution is 0.313. The number of rotatable bonds is 5. The number of piperazine rings is 1. The molecule has 164 valence electrons. The van der Waals surface area contributed by atoms with Crippen molar-refractivity contribution < 1.29 is 4.74 Å². The molecule has 1 fully saturated rings. The molecule has 7 nitrogen and oxygen atoms in total. The summed E-state index contributed by atoms with van der Waals surface area (Å²) in [6.07, 6.45) is 1.79. The minimum atomic E-state index is 0.471. The molecule has 1 N–H and O–H groups in total. The molecule has 8 heteroatoms. The summed E-state index contributed by atoms with van der Waals surface area (Å²) in [5.74, 6) is 1.27. The number of hydrogen-bond donors (Lipinski definition) is 1. The van der Waals surface area contributed by atoms with E-state index in [1.54, 1.807) is 13.3 Å². The molecule has 1 aliphatic rings. The van der Waals surface area contributed by atoms with E-state index in [1.807, 2.05) is 53.0 Å².